The topological polar surface area (TPSA) is 76.9 Å². The van der Waals surface area contributed by atoms with Crippen LogP contribution in [-0.2, 0) is 11.8 Å². The highest BCUT2D eigenvalue weighted by Crippen LogP contribution is 2.21. The number of aromatic nitrogens is 3. The van der Waals surface area contributed by atoms with Gasteiger partial charge >= 0.3 is 0 Å². The monoisotopic (exact) mass is 304 g/mol. The molecule has 0 saturated carbocycles. The molecule has 110 valence electrons. The second-order valence-corrected chi connectivity index (χ2v) is 5.92. The second kappa shape index (κ2) is 6.53. The van der Waals surface area contributed by atoms with Crippen molar-refractivity contribution in [3.63, 3.8) is 0 Å². The third-order valence-corrected chi connectivity index (χ3v) is 4.01. The zero-order chi connectivity index (χ0) is 15.4. The molecule has 2 rings (SSSR count). The van der Waals surface area contributed by atoms with E-state index in [1.165, 1.54) is 18.7 Å². The van der Waals surface area contributed by atoms with Crippen LogP contribution in [0.3, 0.4) is 0 Å². The summed E-state index contributed by atoms with van der Waals surface area (Å²) >= 11 is 1.33. The lowest BCUT2D eigenvalue weighted by atomic mass is 10.1. The summed E-state index contributed by atoms with van der Waals surface area (Å²) < 4.78 is 1.75. The van der Waals surface area contributed by atoms with Crippen molar-refractivity contribution in [1.82, 2.24) is 14.8 Å². The lowest BCUT2D eigenvalue weighted by Gasteiger charge is -2.11. The number of amides is 1. The van der Waals surface area contributed by atoms with E-state index >= 15 is 0 Å². The Morgan fingerprint density at radius 2 is 2.14 bits per heavy atom. The molecule has 0 fully saturated rings. The molecule has 0 saturated heterocycles. The summed E-state index contributed by atoms with van der Waals surface area (Å²) in [6, 6.07) is 6.88. The Balaban J connectivity index is 2.02. The Kier molecular flexibility index (Phi) is 4.74. The molecule has 1 amide bonds. The summed E-state index contributed by atoms with van der Waals surface area (Å²) in [5, 5.41) is 10.9. The largest absolute Gasteiger partial charge is 0.325 e. The van der Waals surface area contributed by atoms with E-state index in [-0.39, 0.29) is 16.9 Å². The lowest BCUT2D eigenvalue weighted by molar-refractivity contribution is -0.115. The molecule has 7 heteroatoms. The van der Waals surface area contributed by atoms with Gasteiger partial charge in [0.05, 0.1) is 5.25 Å². The first-order valence-electron chi connectivity index (χ1n) is 6.40. The Labute approximate surface area is 127 Å². The number of carbonyl (C=O) groups is 2. The van der Waals surface area contributed by atoms with Crippen molar-refractivity contribution in [2.24, 2.45) is 7.05 Å². The molecule has 6 nitrogen and oxygen atoms in total. The second-order valence-electron chi connectivity index (χ2n) is 4.61. The Morgan fingerprint density at radius 1 is 1.38 bits per heavy atom. The molecule has 0 bridgehead atoms. The van der Waals surface area contributed by atoms with E-state index in [1.54, 1.807) is 42.1 Å². The van der Waals surface area contributed by atoms with Crippen LogP contribution in [0.2, 0.25) is 0 Å². The van der Waals surface area contributed by atoms with Crippen LogP contribution in [0.5, 0.6) is 0 Å². The van der Waals surface area contributed by atoms with Crippen LogP contribution < -0.4 is 5.32 Å². The maximum atomic E-state index is 12.2. The van der Waals surface area contributed by atoms with E-state index in [0.29, 0.717) is 16.4 Å². The van der Waals surface area contributed by atoms with Gasteiger partial charge in [0, 0.05) is 18.3 Å². The fourth-order valence-electron chi connectivity index (χ4n) is 1.65. The molecule has 1 atom stereocenters. The van der Waals surface area contributed by atoms with Crippen molar-refractivity contribution in [1.29, 1.82) is 0 Å². The van der Waals surface area contributed by atoms with Crippen molar-refractivity contribution in [3.05, 3.63) is 36.2 Å². The first-order valence-corrected chi connectivity index (χ1v) is 7.28. The number of thioether (sulfide) groups is 1. The van der Waals surface area contributed by atoms with E-state index in [4.69, 9.17) is 0 Å². The van der Waals surface area contributed by atoms with Gasteiger partial charge in [-0.2, -0.15) is 0 Å². The predicted molar refractivity (Wildman–Crippen MR) is 81.4 cm³/mol. The van der Waals surface area contributed by atoms with Gasteiger partial charge in [-0.1, -0.05) is 23.9 Å². The molecule has 0 radical (unpaired) electrons. The fourth-order valence-corrected chi connectivity index (χ4v) is 2.44. The predicted octanol–water partition coefficient (Wildman–Crippen LogP) is 2.14. The SMILES string of the molecule is CC(=O)c1cccc(NC(=O)[C@@H](C)Sc2nncn2C)c1. The number of anilines is 1. The lowest BCUT2D eigenvalue weighted by Crippen LogP contribution is -2.22. The van der Waals surface area contributed by atoms with Crippen LogP contribution in [0.1, 0.15) is 24.2 Å². The van der Waals surface area contributed by atoms with Gasteiger partial charge in [0.1, 0.15) is 6.33 Å². The van der Waals surface area contributed by atoms with Crippen LogP contribution in [0, 0.1) is 0 Å². The first kappa shape index (κ1) is 15.2. The average molecular weight is 304 g/mol. The highest BCUT2D eigenvalue weighted by molar-refractivity contribution is 8.00. The minimum atomic E-state index is -0.325. The molecule has 1 aromatic heterocycles. The Hall–Kier alpha value is -2.15. The molecule has 2 aromatic rings. The van der Waals surface area contributed by atoms with E-state index < -0.39 is 0 Å². The maximum absolute atomic E-state index is 12.2. The quantitative estimate of drug-likeness (QED) is 0.676. The molecular formula is C14H16N4O2S. The smallest absolute Gasteiger partial charge is 0.237 e. The first-order chi connectivity index (χ1) is 9.97. The van der Waals surface area contributed by atoms with Crippen molar-refractivity contribution in [2.45, 2.75) is 24.3 Å². The molecule has 0 unspecified atom stereocenters. The molecule has 0 aliphatic heterocycles. The summed E-state index contributed by atoms with van der Waals surface area (Å²) in [6.45, 7) is 3.29. The molecule has 1 aromatic carbocycles. The summed E-state index contributed by atoms with van der Waals surface area (Å²) in [7, 11) is 1.82. The summed E-state index contributed by atoms with van der Waals surface area (Å²) in [4.78, 5) is 23.5. The fraction of sp³-hybridized carbons (Fsp3) is 0.286. The number of aryl methyl sites for hydroxylation is 1. The van der Waals surface area contributed by atoms with Gasteiger partial charge in [-0.05, 0) is 26.0 Å². The van der Waals surface area contributed by atoms with E-state index in [9.17, 15) is 9.59 Å². The van der Waals surface area contributed by atoms with E-state index in [0.717, 1.165) is 0 Å². The van der Waals surface area contributed by atoms with Crippen LogP contribution >= 0.6 is 11.8 Å². The number of nitrogens with one attached hydrogen (secondary N) is 1. The summed E-state index contributed by atoms with van der Waals surface area (Å²) in [5.74, 6) is -0.184. The number of carbonyl (C=O) groups excluding carboxylic acids is 2. The van der Waals surface area contributed by atoms with Gasteiger partial charge < -0.3 is 9.88 Å². The zero-order valence-corrected chi connectivity index (χ0v) is 12.8. The van der Waals surface area contributed by atoms with E-state index in [2.05, 4.69) is 15.5 Å². The van der Waals surface area contributed by atoms with Gasteiger partial charge in [-0.25, -0.2) is 0 Å². The molecule has 0 spiro atoms. The molecule has 21 heavy (non-hydrogen) atoms. The van der Waals surface area contributed by atoms with Gasteiger partial charge in [0.25, 0.3) is 0 Å². The number of nitrogens with zero attached hydrogens (tertiary/aromatic N) is 3. The number of hydrogen-bond donors (Lipinski definition) is 1. The van der Waals surface area contributed by atoms with Crippen molar-refractivity contribution >= 4 is 29.1 Å². The maximum Gasteiger partial charge on any atom is 0.237 e. The third-order valence-electron chi connectivity index (χ3n) is 2.86. The molecule has 0 aliphatic carbocycles. The van der Waals surface area contributed by atoms with Crippen LogP contribution in [0.4, 0.5) is 5.69 Å². The van der Waals surface area contributed by atoms with Gasteiger partial charge in [-0.15, -0.1) is 10.2 Å². The average Bonchev–Trinajstić information content (AvgIpc) is 2.84. The van der Waals surface area contributed by atoms with E-state index in [1.807, 2.05) is 7.05 Å². The van der Waals surface area contributed by atoms with Crippen LogP contribution in [-0.4, -0.2) is 31.7 Å². The Morgan fingerprint density at radius 3 is 2.76 bits per heavy atom. The zero-order valence-electron chi connectivity index (χ0n) is 12.0. The highest BCUT2D eigenvalue weighted by Gasteiger charge is 2.17. The van der Waals surface area contributed by atoms with Crippen molar-refractivity contribution in [3.8, 4) is 0 Å². The third kappa shape index (κ3) is 3.91. The molecule has 0 aliphatic rings. The number of Topliss-reactive ketones (excluding diaryl/α,β-unsaturated/α-hetero) is 1. The molecule has 1 N–H and O–H groups in total. The highest BCUT2D eigenvalue weighted by atomic mass is 32.2. The van der Waals surface area contributed by atoms with Crippen LogP contribution in [0.15, 0.2) is 35.7 Å². The summed E-state index contributed by atoms with van der Waals surface area (Å²) in [5.41, 5.74) is 1.18. The van der Waals surface area contributed by atoms with Gasteiger partial charge in [0.2, 0.25) is 5.91 Å². The standard InChI is InChI=1S/C14H16N4O2S/c1-9(19)11-5-4-6-12(7-11)16-13(20)10(2)21-14-17-15-8-18(14)3/h4-8,10H,1-3H3,(H,16,20)/t10-/m1/s1. The summed E-state index contributed by atoms with van der Waals surface area (Å²) in [6.07, 6.45) is 1.59. The van der Waals surface area contributed by atoms with Gasteiger partial charge in [0.15, 0.2) is 10.9 Å². The number of rotatable bonds is 5. The molecular weight excluding hydrogens is 288 g/mol. The number of benzene rings is 1. The van der Waals surface area contributed by atoms with Crippen molar-refractivity contribution < 1.29 is 9.59 Å². The number of ketones is 1. The number of hydrogen-bond acceptors (Lipinski definition) is 5. The Bertz CT molecular complexity index is 668. The normalized spacial score (nSPS) is 12.0. The minimum Gasteiger partial charge on any atom is -0.325 e. The van der Waals surface area contributed by atoms with Crippen molar-refractivity contribution in [2.75, 3.05) is 5.32 Å². The molecule has 1 heterocycles. The minimum absolute atomic E-state index is 0.0346. The van der Waals surface area contributed by atoms with Crippen LogP contribution in [0.25, 0.3) is 0 Å². The van der Waals surface area contributed by atoms with Gasteiger partial charge in [-0.3, -0.25) is 9.59 Å².